The van der Waals surface area contributed by atoms with Gasteiger partial charge in [0.05, 0.1) is 0 Å². The number of nitrogens with two attached hydrogens (primary N) is 1. The van der Waals surface area contributed by atoms with Crippen LogP contribution in [0.15, 0.2) is 18.2 Å². The molecule has 0 radical (unpaired) electrons. The van der Waals surface area contributed by atoms with E-state index < -0.39 is 18.6 Å². The van der Waals surface area contributed by atoms with Crippen molar-refractivity contribution in [1.29, 1.82) is 0 Å². The summed E-state index contributed by atoms with van der Waals surface area (Å²) in [5.74, 6) is -0.680. The van der Waals surface area contributed by atoms with Crippen molar-refractivity contribution in [2.24, 2.45) is 0 Å². The highest BCUT2D eigenvalue weighted by atomic mass is 127. The largest absolute Gasteiger partial charge is 0.406 e. The third-order valence-corrected chi connectivity index (χ3v) is 2.94. The van der Waals surface area contributed by atoms with Crippen LogP contribution in [-0.2, 0) is 0 Å². The van der Waals surface area contributed by atoms with Crippen LogP contribution < -0.4 is 5.73 Å². The van der Waals surface area contributed by atoms with Crippen molar-refractivity contribution in [2.45, 2.75) is 6.18 Å². The van der Waals surface area contributed by atoms with Crippen LogP contribution in [0.2, 0.25) is 0 Å². The molecule has 0 aliphatic carbocycles. The smallest absolute Gasteiger partial charge is 0.398 e. The van der Waals surface area contributed by atoms with E-state index in [9.17, 15) is 18.0 Å². The number of alkyl halides is 3. The maximum Gasteiger partial charge on any atom is 0.406 e. The lowest BCUT2D eigenvalue weighted by Gasteiger charge is -2.19. The summed E-state index contributed by atoms with van der Waals surface area (Å²) in [5.41, 5.74) is 6.23. The molecule has 0 aromatic heterocycles. The van der Waals surface area contributed by atoms with Crippen molar-refractivity contribution in [3.8, 4) is 0 Å². The van der Waals surface area contributed by atoms with Crippen molar-refractivity contribution >= 4 is 34.2 Å². The summed E-state index contributed by atoms with van der Waals surface area (Å²) < 4.78 is 37.0. The van der Waals surface area contributed by atoms with Crippen LogP contribution in [-0.4, -0.2) is 30.6 Å². The van der Waals surface area contributed by atoms with Gasteiger partial charge in [-0.3, -0.25) is 4.79 Å². The van der Waals surface area contributed by atoms with Crippen LogP contribution in [0.4, 0.5) is 18.9 Å². The molecule has 0 aliphatic rings. The van der Waals surface area contributed by atoms with E-state index in [2.05, 4.69) is 0 Å². The monoisotopic (exact) mass is 358 g/mol. The SMILES string of the molecule is CN(CC(F)(F)F)C(=O)c1ccc(N)c(I)c1. The average Bonchev–Trinajstić information content (AvgIpc) is 2.18. The second kappa shape index (κ2) is 5.11. The highest BCUT2D eigenvalue weighted by Gasteiger charge is 2.31. The first kappa shape index (κ1) is 14.1. The molecule has 1 aromatic carbocycles. The fourth-order valence-electron chi connectivity index (χ4n) is 1.22. The highest BCUT2D eigenvalue weighted by molar-refractivity contribution is 14.1. The van der Waals surface area contributed by atoms with Gasteiger partial charge in [0.15, 0.2) is 0 Å². The molecule has 2 N–H and O–H groups in total. The highest BCUT2D eigenvalue weighted by Crippen LogP contribution is 2.20. The summed E-state index contributed by atoms with van der Waals surface area (Å²) in [6.45, 7) is -1.27. The van der Waals surface area contributed by atoms with Gasteiger partial charge in [0.25, 0.3) is 5.91 Å². The molecule has 0 unspecified atom stereocenters. The van der Waals surface area contributed by atoms with E-state index >= 15 is 0 Å². The topological polar surface area (TPSA) is 46.3 Å². The van der Waals surface area contributed by atoms with Crippen LogP contribution >= 0.6 is 22.6 Å². The molecular weight excluding hydrogens is 348 g/mol. The zero-order valence-corrected chi connectivity index (χ0v) is 11.0. The molecule has 0 spiro atoms. The lowest BCUT2D eigenvalue weighted by molar-refractivity contribution is -0.138. The summed E-state index contributed by atoms with van der Waals surface area (Å²) in [6.07, 6.45) is -4.40. The number of nitrogens with zero attached hydrogens (tertiary/aromatic N) is 1. The molecule has 0 bridgehead atoms. The molecule has 0 aliphatic heterocycles. The molecule has 0 saturated heterocycles. The molecule has 0 fully saturated rings. The molecule has 17 heavy (non-hydrogen) atoms. The Balaban J connectivity index is 2.85. The predicted molar refractivity (Wildman–Crippen MR) is 66.6 cm³/mol. The van der Waals surface area contributed by atoms with Gasteiger partial charge in [-0.2, -0.15) is 13.2 Å². The van der Waals surface area contributed by atoms with E-state index in [0.29, 0.717) is 14.2 Å². The molecule has 1 amide bonds. The maximum atomic E-state index is 12.1. The standard InChI is InChI=1S/C10H10F3IN2O/c1-16(5-10(11,12)13)9(17)6-2-3-8(15)7(14)4-6/h2-4H,5,15H2,1H3. The Bertz CT molecular complexity index is 434. The Morgan fingerprint density at radius 1 is 1.47 bits per heavy atom. The van der Waals surface area contributed by atoms with Crippen molar-refractivity contribution in [3.63, 3.8) is 0 Å². The van der Waals surface area contributed by atoms with Crippen LogP contribution in [0.1, 0.15) is 10.4 Å². The van der Waals surface area contributed by atoms with E-state index in [4.69, 9.17) is 5.73 Å². The molecule has 0 atom stereocenters. The van der Waals surface area contributed by atoms with E-state index in [-0.39, 0.29) is 5.56 Å². The molecule has 3 nitrogen and oxygen atoms in total. The number of benzene rings is 1. The summed E-state index contributed by atoms with van der Waals surface area (Å²) in [4.78, 5) is 12.3. The van der Waals surface area contributed by atoms with E-state index in [1.807, 2.05) is 22.6 Å². The Hall–Kier alpha value is -0.990. The van der Waals surface area contributed by atoms with Crippen molar-refractivity contribution in [1.82, 2.24) is 4.90 Å². The first-order chi connectivity index (χ1) is 7.70. The Morgan fingerprint density at radius 2 is 2.06 bits per heavy atom. The first-order valence-corrected chi connectivity index (χ1v) is 5.66. The quantitative estimate of drug-likeness (QED) is 0.653. The second-order valence-electron chi connectivity index (χ2n) is 3.51. The minimum absolute atomic E-state index is 0.190. The molecular formula is C10H10F3IN2O. The zero-order chi connectivity index (χ0) is 13.2. The normalized spacial score (nSPS) is 11.4. The minimum Gasteiger partial charge on any atom is -0.398 e. The molecule has 1 rings (SSSR count). The first-order valence-electron chi connectivity index (χ1n) is 4.58. The molecule has 0 heterocycles. The van der Waals surface area contributed by atoms with Gasteiger partial charge in [0, 0.05) is 21.9 Å². The summed E-state index contributed by atoms with van der Waals surface area (Å²) in [6, 6.07) is 4.37. The Kier molecular flexibility index (Phi) is 4.23. The minimum atomic E-state index is -4.40. The number of hydrogen-bond donors (Lipinski definition) is 1. The number of amides is 1. The lowest BCUT2D eigenvalue weighted by Crippen LogP contribution is -2.35. The summed E-state index contributed by atoms with van der Waals surface area (Å²) >= 11 is 1.92. The molecule has 94 valence electrons. The van der Waals surface area contributed by atoms with Crippen molar-refractivity contribution in [3.05, 3.63) is 27.3 Å². The van der Waals surface area contributed by atoms with Gasteiger partial charge in [0.2, 0.25) is 0 Å². The van der Waals surface area contributed by atoms with Crippen LogP contribution in [0.5, 0.6) is 0 Å². The summed E-state index contributed by atoms with van der Waals surface area (Å²) in [7, 11) is 1.11. The number of anilines is 1. The average molecular weight is 358 g/mol. The maximum absolute atomic E-state index is 12.1. The van der Waals surface area contributed by atoms with Crippen LogP contribution in [0, 0.1) is 3.57 Å². The summed E-state index contributed by atoms with van der Waals surface area (Å²) in [5, 5.41) is 0. The number of carbonyl (C=O) groups excluding carboxylic acids is 1. The van der Waals surface area contributed by atoms with Gasteiger partial charge in [-0.25, -0.2) is 0 Å². The fourth-order valence-corrected chi connectivity index (χ4v) is 1.74. The van der Waals surface area contributed by atoms with Gasteiger partial charge in [-0.05, 0) is 40.8 Å². The molecule has 0 saturated carbocycles. The number of nitrogen functional groups attached to an aromatic ring is 1. The third kappa shape index (κ3) is 4.06. The zero-order valence-electron chi connectivity index (χ0n) is 8.88. The van der Waals surface area contributed by atoms with E-state index in [1.54, 1.807) is 0 Å². The number of carbonyl (C=O) groups is 1. The lowest BCUT2D eigenvalue weighted by atomic mass is 10.2. The number of halogens is 4. The Labute approximate surface area is 110 Å². The predicted octanol–water partition coefficient (Wildman–Crippen LogP) is 2.51. The van der Waals surface area contributed by atoms with E-state index in [1.165, 1.54) is 18.2 Å². The van der Waals surface area contributed by atoms with Crippen LogP contribution in [0.25, 0.3) is 0 Å². The van der Waals surface area contributed by atoms with Gasteiger partial charge in [0.1, 0.15) is 6.54 Å². The van der Waals surface area contributed by atoms with Crippen molar-refractivity contribution in [2.75, 3.05) is 19.3 Å². The third-order valence-electron chi connectivity index (χ3n) is 2.01. The second-order valence-corrected chi connectivity index (χ2v) is 4.67. The van der Waals surface area contributed by atoms with Gasteiger partial charge < -0.3 is 10.6 Å². The number of rotatable bonds is 2. The van der Waals surface area contributed by atoms with E-state index in [0.717, 1.165) is 7.05 Å². The molecule has 7 heteroatoms. The number of hydrogen-bond acceptors (Lipinski definition) is 2. The fraction of sp³-hybridized carbons (Fsp3) is 0.300. The van der Waals surface area contributed by atoms with Crippen molar-refractivity contribution < 1.29 is 18.0 Å². The van der Waals surface area contributed by atoms with Gasteiger partial charge >= 0.3 is 6.18 Å². The van der Waals surface area contributed by atoms with Gasteiger partial charge in [-0.1, -0.05) is 0 Å². The Morgan fingerprint density at radius 3 is 2.53 bits per heavy atom. The molecule has 1 aromatic rings. The van der Waals surface area contributed by atoms with Crippen LogP contribution in [0.3, 0.4) is 0 Å². The van der Waals surface area contributed by atoms with Gasteiger partial charge in [-0.15, -0.1) is 0 Å².